The van der Waals surface area contributed by atoms with Crippen LogP contribution in [-0.2, 0) is 13.0 Å². The lowest BCUT2D eigenvalue weighted by atomic mass is 10.0. The van der Waals surface area contributed by atoms with Gasteiger partial charge in [0, 0.05) is 37.6 Å². The van der Waals surface area contributed by atoms with Crippen LogP contribution in [0, 0.1) is 0 Å². The predicted molar refractivity (Wildman–Crippen MR) is 126 cm³/mol. The summed E-state index contributed by atoms with van der Waals surface area (Å²) in [6.45, 7) is 4.65. The van der Waals surface area contributed by atoms with Gasteiger partial charge in [-0.05, 0) is 47.5 Å². The van der Waals surface area contributed by atoms with Gasteiger partial charge >= 0.3 is 0 Å². The number of aliphatic imine (C=N–C) groups is 1. The van der Waals surface area contributed by atoms with Crippen LogP contribution in [0.3, 0.4) is 0 Å². The van der Waals surface area contributed by atoms with Gasteiger partial charge in [-0.2, -0.15) is 0 Å². The van der Waals surface area contributed by atoms with Gasteiger partial charge in [0.05, 0.1) is 16.1 Å². The summed E-state index contributed by atoms with van der Waals surface area (Å²) in [6.07, 6.45) is 2.19. The molecule has 0 saturated heterocycles. The summed E-state index contributed by atoms with van der Waals surface area (Å²) in [7, 11) is 0. The highest BCUT2D eigenvalue weighted by molar-refractivity contribution is 14.0. The number of nitrogens with zero attached hydrogens (tertiary/aromatic N) is 2. The van der Waals surface area contributed by atoms with E-state index in [1.807, 2.05) is 23.5 Å². The van der Waals surface area contributed by atoms with Crippen molar-refractivity contribution in [2.45, 2.75) is 25.4 Å². The third kappa shape index (κ3) is 5.09. The zero-order valence-electron chi connectivity index (χ0n) is 14.9. The molecule has 8 heteroatoms. The van der Waals surface area contributed by atoms with Crippen molar-refractivity contribution >= 4 is 64.5 Å². The van der Waals surface area contributed by atoms with E-state index in [9.17, 15) is 0 Å². The zero-order valence-corrected chi connectivity index (χ0v) is 19.5. The number of thiophene rings is 1. The monoisotopic (exact) mass is 536 g/mol. The van der Waals surface area contributed by atoms with Gasteiger partial charge in [-0.1, -0.05) is 29.3 Å². The van der Waals surface area contributed by atoms with E-state index in [1.165, 1.54) is 16.0 Å². The fourth-order valence-electron chi connectivity index (χ4n) is 3.56. The molecule has 0 amide bonds. The van der Waals surface area contributed by atoms with Gasteiger partial charge in [0.25, 0.3) is 0 Å². The zero-order chi connectivity index (χ0) is 17.9. The lowest BCUT2D eigenvalue weighted by Crippen LogP contribution is -2.45. The Morgan fingerprint density at radius 3 is 2.93 bits per heavy atom. The van der Waals surface area contributed by atoms with E-state index in [0.717, 1.165) is 51.5 Å². The lowest BCUT2D eigenvalue weighted by Gasteiger charge is -2.35. The van der Waals surface area contributed by atoms with Crippen molar-refractivity contribution in [3.05, 3.63) is 55.7 Å². The molecule has 4 rings (SSSR count). The van der Waals surface area contributed by atoms with Crippen LogP contribution >= 0.6 is 58.5 Å². The Morgan fingerprint density at radius 1 is 1.26 bits per heavy atom. The number of fused-ring (bicyclic) bond motifs is 1. The molecule has 1 aromatic heterocycles. The highest BCUT2D eigenvalue weighted by Crippen LogP contribution is 2.32. The Bertz CT molecular complexity index is 811. The van der Waals surface area contributed by atoms with E-state index in [1.54, 1.807) is 0 Å². The maximum absolute atomic E-state index is 6.30. The molecule has 0 aliphatic carbocycles. The summed E-state index contributed by atoms with van der Waals surface area (Å²) in [5.41, 5.74) is 2.63. The van der Waals surface area contributed by atoms with Crippen LogP contribution in [0.1, 0.15) is 28.5 Å². The molecule has 146 valence electrons. The van der Waals surface area contributed by atoms with E-state index in [-0.39, 0.29) is 30.0 Å². The average molecular weight is 537 g/mol. The highest BCUT2D eigenvalue weighted by Gasteiger charge is 2.26. The van der Waals surface area contributed by atoms with Crippen LogP contribution in [0.2, 0.25) is 10.0 Å². The molecule has 2 aromatic rings. The van der Waals surface area contributed by atoms with Crippen molar-refractivity contribution in [2.24, 2.45) is 4.99 Å². The molecule has 0 fully saturated rings. The molecular formula is C19H23Cl2IN4S. The second-order valence-electron chi connectivity index (χ2n) is 6.67. The van der Waals surface area contributed by atoms with Crippen molar-refractivity contribution in [1.29, 1.82) is 0 Å². The second-order valence-corrected chi connectivity index (χ2v) is 8.49. The molecule has 1 atom stereocenters. The number of hydrogen-bond donors (Lipinski definition) is 2. The fourth-order valence-corrected chi connectivity index (χ4v) is 4.75. The number of guanidine groups is 1. The first-order valence-corrected chi connectivity index (χ1v) is 10.6. The van der Waals surface area contributed by atoms with Crippen LogP contribution in [0.4, 0.5) is 0 Å². The minimum Gasteiger partial charge on any atom is -0.356 e. The van der Waals surface area contributed by atoms with Gasteiger partial charge in [-0.25, -0.2) is 0 Å². The summed E-state index contributed by atoms with van der Waals surface area (Å²) in [5, 5.41) is 10.2. The van der Waals surface area contributed by atoms with E-state index in [0.29, 0.717) is 10.0 Å². The van der Waals surface area contributed by atoms with E-state index in [4.69, 9.17) is 23.2 Å². The van der Waals surface area contributed by atoms with Gasteiger partial charge in [-0.3, -0.25) is 9.89 Å². The van der Waals surface area contributed by atoms with Crippen LogP contribution in [0.25, 0.3) is 0 Å². The summed E-state index contributed by atoms with van der Waals surface area (Å²) >= 11 is 14.3. The van der Waals surface area contributed by atoms with Crippen LogP contribution < -0.4 is 10.6 Å². The third-order valence-electron chi connectivity index (χ3n) is 4.97. The van der Waals surface area contributed by atoms with E-state index in [2.05, 4.69) is 38.0 Å². The molecule has 2 aliphatic rings. The van der Waals surface area contributed by atoms with Gasteiger partial charge in [0.2, 0.25) is 0 Å². The van der Waals surface area contributed by atoms with Gasteiger partial charge in [0.15, 0.2) is 5.96 Å². The van der Waals surface area contributed by atoms with Crippen molar-refractivity contribution in [3.8, 4) is 0 Å². The Hall–Kier alpha value is -0.540. The van der Waals surface area contributed by atoms with Gasteiger partial charge in [0.1, 0.15) is 0 Å². The minimum absolute atomic E-state index is 0. The molecule has 2 aliphatic heterocycles. The molecule has 0 bridgehead atoms. The maximum Gasteiger partial charge on any atom is 0.191 e. The topological polar surface area (TPSA) is 39.7 Å². The van der Waals surface area contributed by atoms with Gasteiger partial charge < -0.3 is 10.6 Å². The maximum atomic E-state index is 6.30. The SMILES string of the molecule is Clc1ccc(C(CNC2=NCCCN2)N2CCc3sccc3C2)cc1Cl.I. The predicted octanol–water partition coefficient (Wildman–Crippen LogP) is 4.71. The molecule has 27 heavy (non-hydrogen) atoms. The fraction of sp³-hybridized carbons (Fsp3) is 0.421. The molecular weight excluding hydrogens is 514 g/mol. The quantitative estimate of drug-likeness (QED) is 0.556. The highest BCUT2D eigenvalue weighted by atomic mass is 127. The molecule has 1 unspecified atom stereocenters. The molecule has 3 heterocycles. The summed E-state index contributed by atoms with van der Waals surface area (Å²) < 4.78 is 0. The van der Waals surface area contributed by atoms with Crippen molar-refractivity contribution in [2.75, 3.05) is 26.2 Å². The van der Waals surface area contributed by atoms with Crippen LogP contribution in [0.15, 0.2) is 34.6 Å². The minimum atomic E-state index is 0. The van der Waals surface area contributed by atoms with Crippen LogP contribution in [0.5, 0.6) is 0 Å². The molecule has 2 N–H and O–H groups in total. The first kappa shape index (κ1) is 21.2. The largest absolute Gasteiger partial charge is 0.356 e. The standard InChI is InChI=1S/C19H22Cl2N4S.HI/c20-15-3-2-13(10-16(15)21)17(11-24-19-22-6-1-7-23-19)25-8-4-18-14(12-25)5-9-26-18;/h2-3,5,9-10,17H,1,4,6-8,11-12H2,(H2,22,23,24);1H. The molecule has 0 radical (unpaired) electrons. The Labute approximate surface area is 191 Å². The summed E-state index contributed by atoms with van der Waals surface area (Å²) in [4.78, 5) is 8.56. The smallest absolute Gasteiger partial charge is 0.191 e. The molecule has 1 aromatic carbocycles. The van der Waals surface area contributed by atoms with E-state index < -0.39 is 0 Å². The first-order chi connectivity index (χ1) is 12.7. The Morgan fingerprint density at radius 2 is 2.15 bits per heavy atom. The number of halogens is 3. The van der Waals surface area contributed by atoms with Crippen molar-refractivity contribution in [1.82, 2.24) is 15.5 Å². The molecule has 0 saturated carbocycles. The van der Waals surface area contributed by atoms with Crippen molar-refractivity contribution in [3.63, 3.8) is 0 Å². The number of benzene rings is 1. The summed E-state index contributed by atoms with van der Waals surface area (Å²) in [5.74, 6) is 0.898. The number of rotatable bonds is 4. The Kier molecular flexibility index (Phi) is 7.67. The first-order valence-electron chi connectivity index (χ1n) is 8.97. The van der Waals surface area contributed by atoms with Crippen LogP contribution in [-0.4, -0.2) is 37.0 Å². The second kappa shape index (κ2) is 9.78. The third-order valence-corrected chi connectivity index (χ3v) is 6.73. The number of nitrogens with one attached hydrogen (secondary N) is 2. The lowest BCUT2D eigenvalue weighted by molar-refractivity contribution is 0.181. The molecule has 0 spiro atoms. The molecule has 4 nitrogen and oxygen atoms in total. The Balaban J connectivity index is 0.00000210. The summed E-state index contributed by atoms with van der Waals surface area (Å²) in [6, 6.07) is 8.43. The number of hydrogen-bond acceptors (Lipinski definition) is 5. The van der Waals surface area contributed by atoms with Gasteiger partial charge in [-0.15, -0.1) is 35.3 Å². The van der Waals surface area contributed by atoms with E-state index >= 15 is 0 Å². The normalized spacial score (nSPS) is 17.9. The average Bonchev–Trinajstić information content (AvgIpc) is 3.13. The van der Waals surface area contributed by atoms with Crippen molar-refractivity contribution < 1.29 is 0 Å².